The van der Waals surface area contributed by atoms with Gasteiger partial charge in [0.15, 0.2) is 9.84 Å². The van der Waals surface area contributed by atoms with Crippen LogP contribution in [0.3, 0.4) is 0 Å². The number of carbonyl (C=O) groups is 1. The first-order valence-electron chi connectivity index (χ1n) is 9.56. The minimum atomic E-state index is -2.95. The van der Waals surface area contributed by atoms with Gasteiger partial charge in [-0.3, -0.25) is 9.69 Å². The third-order valence-corrected chi connectivity index (χ3v) is 7.49. The number of sulfone groups is 1. The van der Waals surface area contributed by atoms with Gasteiger partial charge in [-0.1, -0.05) is 37.3 Å². The molecule has 0 aromatic heterocycles. The molecule has 1 aromatic carbocycles. The minimum Gasteiger partial charge on any atom is -0.340 e. The van der Waals surface area contributed by atoms with Crippen molar-refractivity contribution in [2.24, 2.45) is 0 Å². The lowest BCUT2D eigenvalue weighted by molar-refractivity contribution is -0.133. The molecule has 1 aliphatic heterocycles. The van der Waals surface area contributed by atoms with Crippen molar-refractivity contribution in [2.45, 2.75) is 44.8 Å². The number of carbonyl (C=O) groups excluding carboxylic acids is 1. The van der Waals surface area contributed by atoms with Crippen molar-refractivity contribution in [1.29, 1.82) is 0 Å². The summed E-state index contributed by atoms with van der Waals surface area (Å²) in [5.41, 5.74) is 1.20. The van der Waals surface area contributed by atoms with Crippen molar-refractivity contribution < 1.29 is 13.2 Å². The van der Waals surface area contributed by atoms with E-state index >= 15 is 0 Å². The van der Waals surface area contributed by atoms with Crippen LogP contribution < -0.4 is 0 Å². The van der Waals surface area contributed by atoms with Gasteiger partial charge in [-0.15, -0.1) is 0 Å². The molecule has 146 valence electrons. The molecular formula is C20H32N2O3S. The highest BCUT2D eigenvalue weighted by atomic mass is 32.2. The summed E-state index contributed by atoms with van der Waals surface area (Å²) in [6.07, 6.45) is 1.20. The molecule has 1 amide bonds. The van der Waals surface area contributed by atoms with Gasteiger partial charge in [0, 0.05) is 32.6 Å². The molecule has 1 atom stereocenters. The van der Waals surface area contributed by atoms with Gasteiger partial charge < -0.3 is 4.90 Å². The van der Waals surface area contributed by atoms with Crippen LogP contribution in [0.1, 0.15) is 45.1 Å². The van der Waals surface area contributed by atoms with E-state index < -0.39 is 9.84 Å². The van der Waals surface area contributed by atoms with Crippen LogP contribution >= 0.6 is 0 Å². The lowest BCUT2D eigenvalue weighted by Gasteiger charge is -2.35. The highest BCUT2D eigenvalue weighted by molar-refractivity contribution is 7.91. The monoisotopic (exact) mass is 380 g/mol. The predicted molar refractivity (Wildman–Crippen MR) is 106 cm³/mol. The molecule has 6 heteroatoms. The molecule has 1 heterocycles. The number of nitrogens with zero attached hydrogens (tertiary/aromatic N) is 2. The van der Waals surface area contributed by atoms with Gasteiger partial charge in [0.1, 0.15) is 0 Å². The van der Waals surface area contributed by atoms with Crippen LogP contribution in [-0.4, -0.2) is 67.9 Å². The number of benzene rings is 1. The Morgan fingerprint density at radius 2 is 1.65 bits per heavy atom. The smallest absolute Gasteiger partial charge is 0.223 e. The zero-order valence-electron chi connectivity index (χ0n) is 16.2. The summed E-state index contributed by atoms with van der Waals surface area (Å²) in [6.45, 7) is 9.47. The fraction of sp³-hybridized carbons (Fsp3) is 0.650. The van der Waals surface area contributed by atoms with Gasteiger partial charge in [0.2, 0.25) is 5.91 Å². The Labute approximate surface area is 158 Å². The van der Waals surface area contributed by atoms with Gasteiger partial charge in [-0.25, -0.2) is 8.42 Å². The average Bonchev–Trinajstić information content (AvgIpc) is 2.62. The first kappa shape index (κ1) is 20.9. The lowest BCUT2D eigenvalue weighted by atomic mass is 9.97. The second-order valence-electron chi connectivity index (χ2n) is 7.51. The van der Waals surface area contributed by atoms with Gasteiger partial charge in [-0.05, 0) is 38.3 Å². The van der Waals surface area contributed by atoms with Gasteiger partial charge in [0.05, 0.1) is 11.0 Å². The summed E-state index contributed by atoms with van der Waals surface area (Å²) < 4.78 is 23.7. The van der Waals surface area contributed by atoms with Crippen LogP contribution in [-0.2, 0) is 14.6 Å². The van der Waals surface area contributed by atoms with E-state index in [9.17, 15) is 13.2 Å². The molecule has 0 saturated carbocycles. The number of hydrogen-bond acceptors (Lipinski definition) is 4. The Morgan fingerprint density at radius 3 is 2.23 bits per heavy atom. The fourth-order valence-electron chi connectivity index (χ4n) is 3.24. The molecule has 0 N–H and O–H groups in total. The standard InChI is InChI=1S/C20H32N2O3S/c1-17(2)26(24,25)15-7-10-21-11-13-22(14-12-21)20(23)16-18(3)19-8-5-4-6-9-19/h4-6,8-9,17-18H,7,10-16H2,1-3H3. The maximum Gasteiger partial charge on any atom is 0.223 e. The first-order valence-corrected chi connectivity index (χ1v) is 11.3. The van der Waals surface area contributed by atoms with Crippen LogP contribution in [0, 0.1) is 0 Å². The van der Waals surface area contributed by atoms with E-state index in [2.05, 4.69) is 24.0 Å². The first-order chi connectivity index (χ1) is 12.3. The SMILES string of the molecule is CC(CC(=O)N1CCN(CCCS(=O)(=O)C(C)C)CC1)c1ccccc1. The van der Waals surface area contributed by atoms with E-state index in [1.807, 2.05) is 23.1 Å². The van der Waals surface area contributed by atoms with Crippen molar-refractivity contribution in [3.8, 4) is 0 Å². The van der Waals surface area contributed by atoms with Crippen molar-refractivity contribution in [3.05, 3.63) is 35.9 Å². The highest BCUT2D eigenvalue weighted by Crippen LogP contribution is 2.20. The summed E-state index contributed by atoms with van der Waals surface area (Å²) in [7, 11) is -2.95. The van der Waals surface area contributed by atoms with Crippen LogP contribution in [0.4, 0.5) is 0 Å². The normalized spacial score (nSPS) is 17.5. The van der Waals surface area contributed by atoms with E-state index in [4.69, 9.17) is 0 Å². The van der Waals surface area contributed by atoms with E-state index in [-0.39, 0.29) is 22.8 Å². The Hall–Kier alpha value is -1.40. The summed E-state index contributed by atoms with van der Waals surface area (Å²) in [5, 5.41) is -0.302. The molecule has 0 aliphatic carbocycles. The molecule has 1 saturated heterocycles. The maximum absolute atomic E-state index is 12.5. The second-order valence-corrected chi connectivity index (χ2v) is 10.2. The molecule has 1 aliphatic rings. The number of hydrogen-bond donors (Lipinski definition) is 0. The summed E-state index contributed by atoms with van der Waals surface area (Å²) in [4.78, 5) is 16.7. The van der Waals surface area contributed by atoms with Crippen LogP contribution in [0.2, 0.25) is 0 Å². The largest absolute Gasteiger partial charge is 0.340 e. The van der Waals surface area contributed by atoms with E-state index in [0.717, 1.165) is 32.7 Å². The van der Waals surface area contributed by atoms with E-state index in [1.165, 1.54) is 5.56 Å². The molecule has 2 rings (SSSR count). The number of piperazine rings is 1. The summed E-state index contributed by atoms with van der Waals surface area (Å²) >= 11 is 0. The minimum absolute atomic E-state index is 0.211. The molecule has 0 spiro atoms. The van der Waals surface area contributed by atoms with E-state index in [0.29, 0.717) is 12.8 Å². The molecule has 1 fully saturated rings. The Morgan fingerprint density at radius 1 is 1.04 bits per heavy atom. The average molecular weight is 381 g/mol. The molecular weight excluding hydrogens is 348 g/mol. The van der Waals surface area contributed by atoms with E-state index in [1.54, 1.807) is 13.8 Å². The van der Waals surface area contributed by atoms with Crippen LogP contribution in [0.5, 0.6) is 0 Å². The Bertz CT molecular complexity index is 666. The number of rotatable bonds is 8. The quantitative estimate of drug-likeness (QED) is 0.695. The molecule has 0 radical (unpaired) electrons. The molecule has 0 bridgehead atoms. The number of amides is 1. The highest BCUT2D eigenvalue weighted by Gasteiger charge is 2.23. The van der Waals surface area contributed by atoms with Crippen molar-refractivity contribution in [2.75, 3.05) is 38.5 Å². The van der Waals surface area contributed by atoms with Crippen LogP contribution in [0.15, 0.2) is 30.3 Å². The third-order valence-electron chi connectivity index (χ3n) is 5.20. The van der Waals surface area contributed by atoms with Crippen molar-refractivity contribution in [1.82, 2.24) is 9.80 Å². The predicted octanol–water partition coefficient (Wildman–Crippen LogP) is 2.54. The zero-order valence-corrected chi connectivity index (χ0v) is 17.0. The topological polar surface area (TPSA) is 57.7 Å². The molecule has 1 unspecified atom stereocenters. The Balaban J connectivity index is 1.71. The summed E-state index contributed by atoms with van der Waals surface area (Å²) in [6, 6.07) is 10.1. The lowest BCUT2D eigenvalue weighted by Crippen LogP contribution is -2.49. The molecule has 26 heavy (non-hydrogen) atoms. The maximum atomic E-state index is 12.5. The zero-order chi connectivity index (χ0) is 19.2. The van der Waals surface area contributed by atoms with Gasteiger partial charge in [-0.2, -0.15) is 0 Å². The Kier molecular flexibility index (Phi) is 7.65. The molecule has 5 nitrogen and oxygen atoms in total. The van der Waals surface area contributed by atoms with Crippen LogP contribution in [0.25, 0.3) is 0 Å². The van der Waals surface area contributed by atoms with Crippen molar-refractivity contribution in [3.63, 3.8) is 0 Å². The second kappa shape index (κ2) is 9.51. The van der Waals surface area contributed by atoms with Gasteiger partial charge >= 0.3 is 0 Å². The molecule has 1 aromatic rings. The van der Waals surface area contributed by atoms with Crippen molar-refractivity contribution >= 4 is 15.7 Å². The summed E-state index contributed by atoms with van der Waals surface area (Å²) in [5.74, 6) is 0.685. The third kappa shape index (κ3) is 6.09. The van der Waals surface area contributed by atoms with Gasteiger partial charge in [0.25, 0.3) is 0 Å². The fourth-order valence-corrected chi connectivity index (χ4v) is 4.24.